The lowest BCUT2D eigenvalue weighted by molar-refractivity contribution is -0.122. The number of rotatable bonds is 7. The molecule has 1 amide bonds. The van der Waals surface area contributed by atoms with Crippen molar-refractivity contribution in [3.05, 3.63) is 23.8 Å². The molecule has 0 spiro atoms. The number of amides is 1. The van der Waals surface area contributed by atoms with Crippen LogP contribution in [0.4, 0.5) is 0 Å². The number of nitrogens with zero attached hydrogens (tertiary/aromatic N) is 1. The van der Waals surface area contributed by atoms with Gasteiger partial charge in [0, 0.05) is 31.3 Å². The van der Waals surface area contributed by atoms with E-state index in [0.717, 1.165) is 49.4 Å². The minimum atomic E-state index is 0.124. The summed E-state index contributed by atoms with van der Waals surface area (Å²) >= 11 is 0. The minimum Gasteiger partial charge on any atom is -0.496 e. The third-order valence-corrected chi connectivity index (χ3v) is 4.64. The van der Waals surface area contributed by atoms with Gasteiger partial charge in [0.05, 0.1) is 33.4 Å². The summed E-state index contributed by atoms with van der Waals surface area (Å²) in [7, 11) is 4.92. The number of carbonyl (C=O) groups is 1. The molecule has 1 saturated carbocycles. The lowest BCUT2D eigenvalue weighted by atomic mass is 9.97. The van der Waals surface area contributed by atoms with Crippen LogP contribution in [0.2, 0.25) is 0 Å². The summed E-state index contributed by atoms with van der Waals surface area (Å²) in [5, 5.41) is 3.04. The van der Waals surface area contributed by atoms with E-state index in [1.165, 1.54) is 5.57 Å². The third-order valence-electron chi connectivity index (χ3n) is 4.64. The highest BCUT2D eigenvalue weighted by Crippen LogP contribution is 2.40. The van der Waals surface area contributed by atoms with E-state index in [9.17, 15) is 4.79 Å². The number of hydrogen-bond acceptors (Lipinski definition) is 5. The van der Waals surface area contributed by atoms with Gasteiger partial charge in [-0.3, -0.25) is 9.69 Å². The molecule has 6 heteroatoms. The molecular formula is C19H26N2O4. The van der Waals surface area contributed by atoms with Gasteiger partial charge in [-0.15, -0.1) is 0 Å². The fourth-order valence-electron chi connectivity index (χ4n) is 3.11. The van der Waals surface area contributed by atoms with E-state index in [-0.39, 0.29) is 5.91 Å². The van der Waals surface area contributed by atoms with Gasteiger partial charge in [-0.05, 0) is 24.8 Å². The Labute approximate surface area is 148 Å². The van der Waals surface area contributed by atoms with Gasteiger partial charge in [0.25, 0.3) is 0 Å². The summed E-state index contributed by atoms with van der Waals surface area (Å²) in [4.78, 5) is 14.1. The Morgan fingerprint density at radius 1 is 1.16 bits per heavy atom. The van der Waals surface area contributed by atoms with Crippen molar-refractivity contribution in [3.8, 4) is 17.2 Å². The molecule has 0 radical (unpaired) electrons. The Bertz CT molecular complexity index is 642. The predicted molar refractivity (Wildman–Crippen MR) is 96.3 cm³/mol. The first-order valence-corrected chi connectivity index (χ1v) is 8.65. The molecule has 25 heavy (non-hydrogen) atoms. The van der Waals surface area contributed by atoms with Crippen LogP contribution in [-0.2, 0) is 4.79 Å². The quantitative estimate of drug-likeness (QED) is 0.819. The highest BCUT2D eigenvalue weighted by molar-refractivity contribution is 5.80. The van der Waals surface area contributed by atoms with Gasteiger partial charge in [0.15, 0.2) is 0 Å². The normalized spacial score (nSPS) is 17.6. The molecule has 6 nitrogen and oxygen atoms in total. The second-order valence-corrected chi connectivity index (χ2v) is 6.46. The molecule has 1 aliphatic carbocycles. The fourth-order valence-corrected chi connectivity index (χ4v) is 3.11. The molecule has 0 bridgehead atoms. The fraction of sp³-hybridized carbons (Fsp3) is 0.526. The summed E-state index contributed by atoms with van der Waals surface area (Å²) in [5.74, 6) is 2.30. The van der Waals surface area contributed by atoms with Gasteiger partial charge in [-0.1, -0.05) is 6.08 Å². The van der Waals surface area contributed by atoms with Crippen molar-refractivity contribution in [1.82, 2.24) is 10.2 Å². The van der Waals surface area contributed by atoms with Crippen molar-refractivity contribution >= 4 is 11.5 Å². The molecule has 136 valence electrons. The van der Waals surface area contributed by atoms with Crippen molar-refractivity contribution in [3.63, 3.8) is 0 Å². The Morgan fingerprint density at radius 3 is 2.32 bits per heavy atom. The summed E-state index contributed by atoms with van der Waals surface area (Å²) in [6.07, 6.45) is 5.23. The summed E-state index contributed by atoms with van der Waals surface area (Å²) < 4.78 is 16.4. The van der Waals surface area contributed by atoms with Gasteiger partial charge in [0.1, 0.15) is 17.2 Å². The minimum absolute atomic E-state index is 0.124. The zero-order valence-electron chi connectivity index (χ0n) is 15.1. The monoisotopic (exact) mass is 346 g/mol. The van der Waals surface area contributed by atoms with E-state index < -0.39 is 0 Å². The second-order valence-electron chi connectivity index (χ2n) is 6.46. The molecular weight excluding hydrogens is 320 g/mol. The van der Waals surface area contributed by atoms with E-state index in [1.54, 1.807) is 21.3 Å². The van der Waals surface area contributed by atoms with Gasteiger partial charge in [-0.2, -0.15) is 0 Å². The van der Waals surface area contributed by atoms with Gasteiger partial charge < -0.3 is 19.5 Å². The molecule has 3 rings (SSSR count). The summed E-state index contributed by atoms with van der Waals surface area (Å²) in [6.45, 7) is 2.03. The van der Waals surface area contributed by atoms with E-state index in [2.05, 4.69) is 16.3 Å². The number of nitrogens with one attached hydrogen (secondary N) is 1. The number of carbonyl (C=O) groups excluding carboxylic acids is 1. The second kappa shape index (κ2) is 7.78. The molecule has 0 unspecified atom stereocenters. The molecule has 1 aliphatic heterocycles. The van der Waals surface area contributed by atoms with Crippen LogP contribution in [0.1, 0.15) is 24.8 Å². The Kier molecular flexibility index (Phi) is 5.48. The number of benzene rings is 1. The van der Waals surface area contributed by atoms with E-state index >= 15 is 0 Å². The van der Waals surface area contributed by atoms with Crippen LogP contribution in [0.5, 0.6) is 17.2 Å². The molecule has 0 aromatic heterocycles. The highest BCUT2D eigenvalue weighted by Gasteiger charge is 2.25. The molecule has 1 heterocycles. The topological polar surface area (TPSA) is 60.0 Å². The maximum atomic E-state index is 12.0. The molecule has 1 N–H and O–H groups in total. The van der Waals surface area contributed by atoms with Crippen molar-refractivity contribution < 1.29 is 19.0 Å². The standard InChI is InChI=1S/C19H26N2O4/c1-23-15-10-16(24-2)19(17(11-15)25-3)13-6-8-21(9-7-13)12-18(22)20-14-4-5-14/h6,10-11,14H,4-5,7-9,12H2,1-3H3,(H,20,22). The Hall–Kier alpha value is -2.21. The van der Waals surface area contributed by atoms with Crippen molar-refractivity contribution in [2.24, 2.45) is 0 Å². The van der Waals surface area contributed by atoms with Gasteiger partial charge in [-0.25, -0.2) is 0 Å². The molecule has 2 aliphatic rings. The van der Waals surface area contributed by atoms with Gasteiger partial charge in [0.2, 0.25) is 5.91 Å². The average Bonchev–Trinajstić information content (AvgIpc) is 3.45. The summed E-state index contributed by atoms with van der Waals surface area (Å²) in [6, 6.07) is 4.15. The van der Waals surface area contributed by atoms with Crippen LogP contribution in [0.15, 0.2) is 18.2 Å². The first-order valence-electron chi connectivity index (χ1n) is 8.65. The smallest absolute Gasteiger partial charge is 0.234 e. The molecule has 1 aromatic rings. The lowest BCUT2D eigenvalue weighted by Crippen LogP contribution is -2.40. The molecule has 0 saturated heterocycles. The zero-order chi connectivity index (χ0) is 17.8. The van der Waals surface area contributed by atoms with Crippen LogP contribution in [0.3, 0.4) is 0 Å². The first kappa shape index (κ1) is 17.6. The Balaban J connectivity index is 1.73. The van der Waals surface area contributed by atoms with Crippen LogP contribution in [-0.4, -0.2) is 57.8 Å². The molecule has 0 atom stereocenters. The third kappa shape index (κ3) is 4.25. The van der Waals surface area contributed by atoms with Crippen molar-refractivity contribution in [2.45, 2.75) is 25.3 Å². The number of ether oxygens (including phenoxy) is 3. The maximum Gasteiger partial charge on any atom is 0.234 e. The van der Waals surface area contributed by atoms with Crippen LogP contribution >= 0.6 is 0 Å². The van der Waals surface area contributed by atoms with Crippen LogP contribution in [0.25, 0.3) is 5.57 Å². The zero-order valence-corrected chi connectivity index (χ0v) is 15.1. The highest BCUT2D eigenvalue weighted by atomic mass is 16.5. The first-order chi connectivity index (χ1) is 12.1. The van der Waals surface area contributed by atoms with Crippen LogP contribution < -0.4 is 19.5 Å². The lowest BCUT2D eigenvalue weighted by Gasteiger charge is -2.27. The van der Waals surface area contributed by atoms with Gasteiger partial charge >= 0.3 is 0 Å². The van der Waals surface area contributed by atoms with E-state index in [1.807, 2.05) is 12.1 Å². The Morgan fingerprint density at radius 2 is 1.84 bits per heavy atom. The molecule has 1 aromatic carbocycles. The van der Waals surface area contributed by atoms with Crippen LogP contribution in [0, 0.1) is 0 Å². The summed E-state index contributed by atoms with van der Waals surface area (Å²) in [5.41, 5.74) is 2.14. The number of hydrogen-bond donors (Lipinski definition) is 1. The SMILES string of the molecule is COc1cc(OC)c(C2=CCN(CC(=O)NC3CC3)CC2)c(OC)c1. The maximum absolute atomic E-state index is 12.0. The molecule has 1 fully saturated rings. The number of methoxy groups -OCH3 is 3. The van der Waals surface area contributed by atoms with Crippen molar-refractivity contribution in [2.75, 3.05) is 41.0 Å². The van der Waals surface area contributed by atoms with Crippen molar-refractivity contribution in [1.29, 1.82) is 0 Å². The predicted octanol–water partition coefficient (Wildman–Crippen LogP) is 2.08. The average molecular weight is 346 g/mol. The van der Waals surface area contributed by atoms with E-state index in [0.29, 0.717) is 18.3 Å². The van der Waals surface area contributed by atoms with E-state index in [4.69, 9.17) is 14.2 Å². The largest absolute Gasteiger partial charge is 0.496 e.